The van der Waals surface area contributed by atoms with Crippen molar-refractivity contribution < 1.29 is 14.3 Å². The van der Waals surface area contributed by atoms with Crippen LogP contribution in [0.2, 0.25) is 0 Å². The number of carbonyl (C=O) groups is 1. The van der Waals surface area contributed by atoms with E-state index in [2.05, 4.69) is 12.2 Å². The number of carbonyl (C=O) groups excluding carboxylic acids is 1. The van der Waals surface area contributed by atoms with Gasteiger partial charge >= 0.3 is 5.97 Å². The maximum Gasteiger partial charge on any atom is 0.326 e. The Bertz CT molecular complexity index is 256. The fraction of sp³-hybridized carbons (Fsp3) is 0.933. The molecule has 0 fully saturated rings. The molecule has 4 nitrogen and oxygen atoms in total. The Morgan fingerprint density at radius 3 is 2.37 bits per heavy atom. The first-order valence-corrected chi connectivity index (χ1v) is 7.42. The van der Waals surface area contributed by atoms with Crippen LogP contribution in [-0.4, -0.2) is 36.9 Å². The van der Waals surface area contributed by atoms with Gasteiger partial charge in [0.05, 0.1) is 12.7 Å². The number of rotatable bonds is 10. The molecule has 0 aliphatic rings. The van der Waals surface area contributed by atoms with E-state index in [1.54, 1.807) is 0 Å². The van der Waals surface area contributed by atoms with Crippen molar-refractivity contribution in [2.75, 3.05) is 13.2 Å². The molecule has 1 N–H and O–H groups in total. The highest BCUT2D eigenvalue weighted by Gasteiger charge is 2.36. The van der Waals surface area contributed by atoms with Crippen molar-refractivity contribution in [3.8, 4) is 0 Å². The van der Waals surface area contributed by atoms with Gasteiger partial charge in [0, 0.05) is 19.1 Å². The molecule has 4 heteroatoms. The summed E-state index contributed by atoms with van der Waals surface area (Å²) in [7, 11) is 0. The van der Waals surface area contributed by atoms with E-state index in [1.165, 1.54) is 0 Å². The standard InChI is InChI=1S/C15H31NO3/c1-7-9-10-19-13(5)11-15(6,16-12(3)4)14(17)18-8-2/h12-13,16H,7-11H2,1-6H3. The molecule has 0 saturated carbocycles. The van der Waals surface area contributed by atoms with Crippen molar-refractivity contribution in [1.82, 2.24) is 5.32 Å². The summed E-state index contributed by atoms with van der Waals surface area (Å²) in [5.41, 5.74) is -0.685. The number of hydrogen-bond acceptors (Lipinski definition) is 4. The van der Waals surface area contributed by atoms with Crippen LogP contribution in [0.5, 0.6) is 0 Å². The fourth-order valence-corrected chi connectivity index (χ4v) is 2.19. The van der Waals surface area contributed by atoms with Gasteiger partial charge in [0.1, 0.15) is 5.54 Å². The van der Waals surface area contributed by atoms with Gasteiger partial charge in [0.15, 0.2) is 0 Å². The monoisotopic (exact) mass is 273 g/mol. The van der Waals surface area contributed by atoms with Crippen LogP contribution >= 0.6 is 0 Å². The molecule has 0 aliphatic carbocycles. The van der Waals surface area contributed by atoms with Crippen molar-refractivity contribution >= 4 is 5.97 Å². The van der Waals surface area contributed by atoms with Gasteiger partial charge in [-0.15, -0.1) is 0 Å². The zero-order chi connectivity index (χ0) is 14.9. The Labute approximate surface area is 118 Å². The molecule has 2 atom stereocenters. The van der Waals surface area contributed by atoms with Gasteiger partial charge in [-0.05, 0) is 41.0 Å². The predicted molar refractivity (Wildman–Crippen MR) is 78.2 cm³/mol. The Hall–Kier alpha value is -0.610. The van der Waals surface area contributed by atoms with Gasteiger partial charge in [-0.25, -0.2) is 0 Å². The summed E-state index contributed by atoms with van der Waals surface area (Å²) in [5.74, 6) is -0.199. The Morgan fingerprint density at radius 2 is 1.89 bits per heavy atom. The van der Waals surface area contributed by atoms with Crippen LogP contribution in [0, 0.1) is 0 Å². The van der Waals surface area contributed by atoms with E-state index in [1.807, 2.05) is 34.6 Å². The summed E-state index contributed by atoms with van der Waals surface area (Å²) in [5, 5.41) is 3.31. The van der Waals surface area contributed by atoms with Crippen LogP contribution in [0.25, 0.3) is 0 Å². The first-order valence-electron chi connectivity index (χ1n) is 7.42. The molecule has 0 rings (SSSR count). The van der Waals surface area contributed by atoms with Crippen LogP contribution in [0.15, 0.2) is 0 Å². The molecular weight excluding hydrogens is 242 g/mol. The average molecular weight is 273 g/mol. The maximum absolute atomic E-state index is 12.1. The Morgan fingerprint density at radius 1 is 1.26 bits per heavy atom. The summed E-state index contributed by atoms with van der Waals surface area (Å²) >= 11 is 0. The van der Waals surface area contributed by atoms with Gasteiger partial charge in [-0.1, -0.05) is 13.3 Å². The van der Waals surface area contributed by atoms with E-state index >= 15 is 0 Å². The normalized spacial score (nSPS) is 16.2. The lowest BCUT2D eigenvalue weighted by atomic mass is 9.93. The maximum atomic E-state index is 12.1. The molecule has 114 valence electrons. The molecular formula is C15H31NO3. The summed E-state index contributed by atoms with van der Waals surface area (Å²) in [6.07, 6.45) is 2.82. The summed E-state index contributed by atoms with van der Waals surface area (Å²) in [4.78, 5) is 12.1. The van der Waals surface area contributed by atoms with Crippen molar-refractivity contribution in [3.05, 3.63) is 0 Å². The number of hydrogen-bond donors (Lipinski definition) is 1. The first-order chi connectivity index (χ1) is 8.85. The molecule has 0 aromatic rings. The van der Waals surface area contributed by atoms with Crippen LogP contribution in [-0.2, 0) is 14.3 Å². The average Bonchev–Trinajstić information content (AvgIpc) is 2.28. The molecule has 0 radical (unpaired) electrons. The number of unbranched alkanes of at least 4 members (excludes halogenated alkanes) is 1. The van der Waals surface area contributed by atoms with Gasteiger partial charge in [0.25, 0.3) is 0 Å². The SMILES string of the molecule is CCCCOC(C)CC(C)(NC(C)C)C(=O)OCC. The molecule has 0 aromatic carbocycles. The molecule has 0 aliphatic heterocycles. The number of esters is 1. The smallest absolute Gasteiger partial charge is 0.326 e. The molecule has 0 saturated heterocycles. The molecule has 0 aromatic heterocycles. The minimum Gasteiger partial charge on any atom is -0.465 e. The third kappa shape index (κ3) is 7.53. The van der Waals surface area contributed by atoms with Crippen molar-refractivity contribution in [2.24, 2.45) is 0 Å². The third-order valence-electron chi connectivity index (χ3n) is 2.93. The Balaban J connectivity index is 4.52. The topological polar surface area (TPSA) is 47.6 Å². The largest absolute Gasteiger partial charge is 0.465 e. The number of ether oxygens (including phenoxy) is 2. The Kier molecular flexibility index (Phi) is 9.02. The van der Waals surface area contributed by atoms with E-state index in [9.17, 15) is 4.79 Å². The van der Waals surface area contributed by atoms with E-state index in [0.29, 0.717) is 13.0 Å². The predicted octanol–water partition coefficient (Wildman–Crippen LogP) is 2.90. The second-order valence-corrected chi connectivity index (χ2v) is 5.59. The van der Waals surface area contributed by atoms with Gasteiger partial charge in [0.2, 0.25) is 0 Å². The van der Waals surface area contributed by atoms with E-state index < -0.39 is 5.54 Å². The van der Waals surface area contributed by atoms with Gasteiger partial charge in [-0.3, -0.25) is 10.1 Å². The minimum atomic E-state index is -0.685. The first kappa shape index (κ1) is 18.4. The van der Waals surface area contributed by atoms with Crippen LogP contribution in [0.4, 0.5) is 0 Å². The third-order valence-corrected chi connectivity index (χ3v) is 2.93. The van der Waals surface area contributed by atoms with Gasteiger partial charge in [-0.2, -0.15) is 0 Å². The van der Waals surface area contributed by atoms with E-state index in [4.69, 9.17) is 9.47 Å². The zero-order valence-electron chi connectivity index (χ0n) is 13.4. The van der Waals surface area contributed by atoms with Crippen LogP contribution in [0.1, 0.15) is 60.8 Å². The summed E-state index contributed by atoms with van der Waals surface area (Å²) in [6, 6.07) is 0.220. The highest BCUT2D eigenvalue weighted by atomic mass is 16.5. The quantitative estimate of drug-likeness (QED) is 0.491. The van der Waals surface area contributed by atoms with E-state index in [-0.39, 0.29) is 18.1 Å². The molecule has 0 spiro atoms. The van der Waals surface area contributed by atoms with Gasteiger partial charge < -0.3 is 9.47 Å². The van der Waals surface area contributed by atoms with Crippen LogP contribution in [0.3, 0.4) is 0 Å². The summed E-state index contributed by atoms with van der Waals surface area (Å²) in [6.45, 7) is 13.1. The minimum absolute atomic E-state index is 0.0345. The molecule has 0 heterocycles. The summed E-state index contributed by atoms with van der Waals surface area (Å²) < 4.78 is 10.9. The highest BCUT2D eigenvalue weighted by Crippen LogP contribution is 2.18. The second-order valence-electron chi connectivity index (χ2n) is 5.59. The van der Waals surface area contributed by atoms with Crippen LogP contribution < -0.4 is 5.32 Å². The zero-order valence-corrected chi connectivity index (χ0v) is 13.4. The molecule has 0 amide bonds. The molecule has 0 bridgehead atoms. The lowest BCUT2D eigenvalue weighted by molar-refractivity contribution is -0.152. The highest BCUT2D eigenvalue weighted by molar-refractivity contribution is 5.80. The van der Waals surface area contributed by atoms with Crippen molar-refractivity contribution in [1.29, 1.82) is 0 Å². The van der Waals surface area contributed by atoms with Crippen molar-refractivity contribution in [3.63, 3.8) is 0 Å². The van der Waals surface area contributed by atoms with Crippen molar-refractivity contribution in [2.45, 2.75) is 78.5 Å². The molecule has 2 unspecified atom stereocenters. The second kappa shape index (κ2) is 9.32. The lowest BCUT2D eigenvalue weighted by Crippen LogP contribution is -2.54. The van der Waals surface area contributed by atoms with E-state index in [0.717, 1.165) is 19.4 Å². The molecule has 19 heavy (non-hydrogen) atoms. The fourth-order valence-electron chi connectivity index (χ4n) is 2.19. The lowest BCUT2D eigenvalue weighted by Gasteiger charge is -2.32. The number of nitrogens with one attached hydrogen (secondary N) is 1.